The van der Waals surface area contributed by atoms with Crippen molar-refractivity contribution in [3.63, 3.8) is 0 Å². The van der Waals surface area contributed by atoms with E-state index in [1.807, 2.05) is 12.1 Å². The van der Waals surface area contributed by atoms with Crippen molar-refractivity contribution in [3.8, 4) is 10.4 Å². The molecule has 0 radical (unpaired) electrons. The Morgan fingerprint density at radius 3 is 3.07 bits per heavy atom. The van der Waals surface area contributed by atoms with Crippen LogP contribution in [0.1, 0.15) is 54.3 Å². The number of hydrogen-bond donors (Lipinski definition) is 1. The van der Waals surface area contributed by atoms with Gasteiger partial charge >= 0.3 is 0 Å². The second kappa shape index (κ2) is 9.21. The molecule has 2 aliphatic rings. The van der Waals surface area contributed by atoms with Crippen molar-refractivity contribution in [1.82, 2.24) is 10.2 Å². The summed E-state index contributed by atoms with van der Waals surface area (Å²) in [6, 6.07) is 8.83. The summed E-state index contributed by atoms with van der Waals surface area (Å²) in [5.41, 5.74) is 2.46. The van der Waals surface area contributed by atoms with E-state index in [1.54, 1.807) is 23.1 Å². The molecule has 6 heteroatoms. The normalized spacial score (nSPS) is 19.1. The number of nitrogens with one attached hydrogen (secondary N) is 1. The van der Waals surface area contributed by atoms with E-state index < -0.39 is 0 Å². The zero-order chi connectivity index (χ0) is 19.5. The fraction of sp³-hybridized carbons (Fsp3) is 0.500. The molecule has 2 aliphatic heterocycles. The number of hydrogen-bond acceptors (Lipinski definition) is 4. The maximum absolute atomic E-state index is 12.7. The molecular formula is C22H27ClN2OS2. The minimum Gasteiger partial charge on any atom is -0.351 e. The summed E-state index contributed by atoms with van der Waals surface area (Å²) < 4.78 is 0. The van der Waals surface area contributed by atoms with Crippen molar-refractivity contribution in [2.75, 3.05) is 19.6 Å². The summed E-state index contributed by atoms with van der Waals surface area (Å²) in [7, 11) is 0. The van der Waals surface area contributed by atoms with Crippen LogP contribution in [0.4, 0.5) is 0 Å². The third kappa shape index (κ3) is 4.43. The molecule has 1 saturated heterocycles. The Labute approximate surface area is 180 Å². The lowest BCUT2D eigenvalue weighted by Gasteiger charge is -2.35. The van der Waals surface area contributed by atoms with Crippen LogP contribution in [0, 0.1) is 0 Å². The van der Waals surface area contributed by atoms with Crippen molar-refractivity contribution < 1.29 is 4.79 Å². The van der Waals surface area contributed by atoms with E-state index in [4.69, 9.17) is 11.6 Å². The molecule has 0 bridgehead atoms. The second-order valence-corrected chi connectivity index (χ2v) is 10.1. The van der Waals surface area contributed by atoms with Gasteiger partial charge in [0.25, 0.3) is 5.91 Å². The van der Waals surface area contributed by atoms with Crippen molar-refractivity contribution in [1.29, 1.82) is 0 Å². The SMILES string of the molecule is CC[C@H]1CCCCN1CCCNC(=O)c1cc2c(s1)-c1ccc(Cl)cc1SC2. The Bertz CT molecular complexity index is 851. The van der Waals surface area contributed by atoms with Gasteiger partial charge in [-0.25, -0.2) is 0 Å². The Morgan fingerprint density at radius 1 is 1.32 bits per heavy atom. The zero-order valence-corrected chi connectivity index (χ0v) is 18.7. The summed E-state index contributed by atoms with van der Waals surface area (Å²) in [6.45, 7) is 5.33. The summed E-state index contributed by atoms with van der Waals surface area (Å²) in [5.74, 6) is 0.963. The first-order chi connectivity index (χ1) is 13.7. The number of amides is 1. The minimum atomic E-state index is 0.0607. The number of likely N-dealkylation sites (tertiary alicyclic amines) is 1. The number of halogens is 1. The number of rotatable bonds is 6. The number of nitrogens with zero attached hydrogens (tertiary/aromatic N) is 1. The Kier molecular flexibility index (Phi) is 6.66. The first kappa shape index (κ1) is 20.3. The Hall–Kier alpha value is -1.01. The molecule has 0 aliphatic carbocycles. The summed E-state index contributed by atoms with van der Waals surface area (Å²) >= 11 is 9.53. The van der Waals surface area contributed by atoms with E-state index in [0.717, 1.165) is 41.2 Å². The topological polar surface area (TPSA) is 32.3 Å². The van der Waals surface area contributed by atoms with Gasteiger partial charge in [0.1, 0.15) is 0 Å². The molecule has 1 fully saturated rings. The monoisotopic (exact) mass is 434 g/mol. The van der Waals surface area contributed by atoms with E-state index in [0.29, 0.717) is 0 Å². The molecule has 28 heavy (non-hydrogen) atoms. The van der Waals surface area contributed by atoms with Gasteiger partial charge in [-0.05, 0) is 56.0 Å². The molecule has 3 nitrogen and oxygen atoms in total. The molecule has 150 valence electrons. The van der Waals surface area contributed by atoms with Crippen molar-refractivity contribution in [2.45, 2.75) is 55.7 Å². The van der Waals surface area contributed by atoms with Crippen LogP contribution in [-0.2, 0) is 5.75 Å². The molecule has 4 rings (SSSR count). The van der Waals surface area contributed by atoms with E-state index in [9.17, 15) is 4.79 Å². The number of thioether (sulfide) groups is 1. The summed E-state index contributed by atoms with van der Waals surface area (Å²) in [5, 5.41) is 3.90. The first-order valence-electron chi connectivity index (χ1n) is 10.2. The van der Waals surface area contributed by atoms with Crippen molar-refractivity contribution >= 4 is 40.6 Å². The zero-order valence-electron chi connectivity index (χ0n) is 16.3. The maximum atomic E-state index is 12.7. The predicted molar refractivity (Wildman–Crippen MR) is 121 cm³/mol. The lowest BCUT2D eigenvalue weighted by molar-refractivity contribution is 0.0951. The number of thiophene rings is 1. The fourth-order valence-corrected chi connectivity index (χ4v) is 6.83. The van der Waals surface area contributed by atoms with Crippen LogP contribution in [0.3, 0.4) is 0 Å². The standard InChI is InChI=1S/C22H27ClN2OS2/c1-2-17-6-3-4-10-25(17)11-5-9-24-22(26)20-12-15-14-27-19-13-16(23)7-8-18(19)21(15)28-20/h7-8,12-13,17H,2-6,9-11,14H2,1H3,(H,24,26)/t17-/m0/s1. The fourth-order valence-electron chi connectivity index (χ4n) is 4.22. The molecule has 2 aromatic rings. The van der Waals surface area contributed by atoms with Crippen LogP contribution in [0.2, 0.25) is 5.02 Å². The molecule has 0 saturated carbocycles. The maximum Gasteiger partial charge on any atom is 0.261 e. The summed E-state index contributed by atoms with van der Waals surface area (Å²) in [4.78, 5) is 18.5. The van der Waals surface area contributed by atoms with Gasteiger partial charge in [0.15, 0.2) is 0 Å². The van der Waals surface area contributed by atoms with Gasteiger partial charge in [-0.1, -0.05) is 31.0 Å². The Morgan fingerprint density at radius 2 is 2.21 bits per heavy atom. The van der Waals surface area contributed by atoms with Gasteiger partial charge in [-0.3, -0.25) is 4.79 Å². The van der Waals surface area contributed by atoms with E-state index in [-0.39, 0.29) is 5.91 Å². The van der Waals surface area contributed by atoms with Crippen molar-refractivity contribution in [2.24, 2.45) is 0 Å². The van der Waals surface area contributed by atoms with Crippen LogP contribution in [0.25, 0.3) is 10.4 Å². The summed E-state index contributed by atoms with van der Waals surface area (Å²) in [6.07, 6.45) is 6.26. The molecule has 3 heterocycles. The highest BCUT2D eigenvalue weighted by Crippen LogP contribution is 2.46. The van der Waals surface area contributed by atoms with E-state index >= 15 is 0 Å². The molecule has 1 atom stereocenters. The van der Waals surface area contributed by atoms with Crippen molar-refractivity contribution in [3.05, 3.63) is 39.7 Å². The molecule has 1 N–H and O–H groups in total. The number of carbonyl (C=O) groups is 1. The third-order valence-corrected chi connectivity index (χ3v) is 8.28. The first-order valence-corrected chi connectivity index (χ1v) is 12.4. The lowest BCUT2D eigenvalue weighted by Crippen LogP contribution is -2.40. The van der Waals surface area contributed by atoms with Gasteiger partial charge in [0.05, 0.1) is 4.88 Å². The highest BCUT2D eigenvalue weighted by molar-refractivity contribution is 7.98. The molecule has 1 aromatic carbocycles. The largest absolute Gasteiger partial charge is 0.351 e. The Balaban J connectivity index is 1.33. The number of piperidine rings is 1. The van der Waals surface area contributed by atoms with Crippen LogP contribution in [0.15, 0.2) is 29.2 Å². The lowest BCUT2D eigenvalue weighted by atomic mass is 10.00. The average molecular weight is 435 g/mol. The second-order valence-electron chi connectivity index (χ2n) is 7.60. The highest BCUT2D eigenvalue weighted by Gasteiger charge is 2.23. The highest BCUT2D eigenvalue weighted by atomic mass is 35.5. The van der Waals surface area contributed by atoms with Crippen LogP contribution < -0.4 is 5.32 Å². The minimum absolute atomic E-state index is 0.0607. The smallest absolute Gasteiger partial charge is 0.261 e. The molecule has 1 aromatic heterocycles. The third-order valence-electron chi connectivity index (χ3n) is 5.73. The number of fused-ring (bicyclic) bond motifs is 3. The van der Waals surface area contributed by atoms with Gasteiger partial charge in [-0.2, -0.15) is 0 Å². The van der Waals surface area contributed by atoms with Crippen LogP contribution in [-0.4, -0.2) is 36.5 Å². The van der Waals surface area contributed by atoms with Gasteiger partial charge in [0, 0.05) is 45.2 Å². The van der Waals surface area contributed by atoms with Crippen LogP contribution >= 0.6 is 34.7 Å². The molecule has 0 spiro atoms. The van der Waals surface area contributed by atoms with Crippen LogP contribution in [0.5, 0.6) is 0 Å². The predicted octanol–water partition coefficient (Wildman–Crippen LogP) is 6.06. The van der Waals surface area contributed by atoms with E-state index in [2.05, 4.69) is 29.3 Å². The number of benzene rings is 1. The molecular weight excluding hydrogens is 408 g/mol. The van der Waals surface area contributed by atoms with E-state index in [1.165, 1.54) is 53.1 Å². The molecule has 1 amide bonds. The average Bonchev–Trinajstić information content (AvgIpc) is 3.16. The molecule has 0 unspecified atom stereocenters. The van der Waals surface area contributed by atoms with Gasteiger partial charge in [0.2, 0.25) is 0 Å². The van der Waals surface area contributed by atoms with Gasteiger partial charge in [-0.15, -0.1) is 23.1 Å². The quantitative estimate of drug-likeness (QED) is 0.561. The number of carbonyl (C=O) groups excluding carboxylic acids is 1. The van der Waals surface area contributed by atoms with Gasteiger partial charge < -0.3 is 10.2 Å².